The zero-order valence-corrected chi connectivity index (χ0v) is 16.6. The molecule has 0 unspecified atom stereocenters. The number of thiophene rings is 1. The van der Waals surface area contributed by atoms with Gasteiger partial charge < -0.3 is 0 Å². The van der Waals surface area contributed by atoms with Crippen molar-refractivity contribution in [3.63, 3.8) is 0 Å². The monoisotopic (exact) mass is 389 g/mol. The molecule has 3 nitrogen and oxygen atoms in total. The van der Waals surface area contributed by atoms with Crippen LogP contribution in [0.1, 0.15) is 11.1 Å². The number of hydrogen-bond donors (Lipinski definition) is 0. The zero-order chi connectivity index (χ0) is 18.5. The molecule has 0 N–H and O–H groups in total. The van der Waals surface area contributed by atoms with E-state index < -0.39 is 0 Å². The Morgan fingerprint density at radius 3 is 2.52 bits per heavy atom. The number of aromatic nitrogens is 3. The summed E-state index contributed by atoms with van der Waals surface area (Å²) >= 11 is 3.37. The lowest BCUT2D eigenvalue weighted by Gasteiger charge is -2.09. The summed E-state index contributed by atoms with van der Waals surface area (Å²) in [6.45, 7) is 2.10. The molecule has 0 spiro atoms. The Bertz CT molecular complexity index is 1020. The second-order valence-corrected chi connectivity index (χ2v) is 8.01. The first-order chi connectivity index (χ1) is 13.3. The maximum atomic E-state index is 4.47. The van der Waals surface area contributed by atoms with Gasteiger partial charge in [-0.15, -0.1) is 21.5 Å². The first kappa shape index (κ1) is 17.8. The van der Waals surface area contributed by atoms with Crippen molar-refractivity contribution in [3.8, 4) is 16.4 Å². The van der Waals surface area contributed by atoms with E-state index in [1.807, 2.05) is 24.3 Å². The van der Waals surface area contributed by atoms with Crippen LogP contribution in [0, 0.1) is 6.92 Å². The van der Waals surface area contributed by atoms with Crippen molar-refractivity contribution in [1.82, 2.24) is 14.8 Å². The van der Waals surface area contributed by atoms with Gasteiger partial charge in [-0.05, 0) is 36.1 Å². The summed E-state index contributed by atoms with van der Waals surface area (Å²) in [6, 6.07) is 23.0. The van der Waals surface area contributed by atoms with Crippen molar-refractivity contribution >= 4 is 29.2 Å². The lowest BCUT2D eigenvalue weighted by molar-refractivity contribution is 0.888. The van der Waals surface area contributed by atoms with E-state index >= 15 is 0 Å². The van der Waals surface area contributed by atoms with Gasteiger partial charge in [0, 0.05) is 11.4 Å². The average molecular weight is 390 g/mol. The van der Waals surface area contributed by atoms with Crippen LogP contribution in [0.15, 0.2) is 83.3 Å². The van der Waals surface area contributed by atoms with Gasteiger partial charge in [-0.1, -0.05) is 78.0 Å². The highest BCUT2D eigenvalue weighted by Gasteiger charge is 2.16. The molecule has 2 aromatic heterocycles. The Morgan fingerprint density at radius 2 is 1.78 bits per heavy atom. The number of thioether (sulfide) groups is 1. The number of nitrogens with zero attached hydrogens (tertiary/aromatic N) is 3. The Morgan fingerprint density at radius 1 is 0.963 bits per heavy atom. The fourth-order valence-corrected chi connectivity index (χ4v) is 4.19. The first-order valence-corrected chi connectivity index (χ1v) is 10.6. The predicted octanol–water partition coefficient (Wildman–Crippen LogP) is 6.11. The maximum absolute atomic E-state index is 4.47. The molecular weight excluding hydrogens is 370 g/mol. The molecule has 4 aromatic rings. The van der Waals surface area contributed by atoms with Gasteiger partial charge in [0.15, 0.2) is 11.0 Å². The largest absolute Gasteiger partial charge is 0.269 e. The highest BCUT2D eigenvalue weighted by Crippen LogP contribution is 2.30. The summed E-state index contributed by atoms with van der Waals surface area (Å²) < 4.78 is 2.15. The standard InChI is InChI=1S/C22H19N3S2/c1-17-11-13-19(14-12-17)25-21(20-10-6-15-26-20)23-24-22(25)27-16-5-9-18-7-3-2-4-8-18/h2-15H,16H2,1H3. The minimum Gasteiger partial charge on any atom is -0.269 e. The van der Waals surface area contributed by atoms with Gasteiger partial charge in [0.1, 0.15) is 0 Å². The Labute approximate surface area is 167 Å². The molecule has 0 amide bonds. The van der Waals surface area contributed by atoms with Crippen LogP contribution in [-0.2, 0) is 0 Å². The molecule has 0 fully saturated rings. The summed E-state index contributed by atoms with van der Waals surface area (Å²) in [6.07, 6.45) is 4.30. The maximum Gasteiger partial charge on any atom is 0.196 e. The lowest BCUT2D eigenvalue weighted by atomic mass is 10.2. The molecule has 0 radical (unpaired) electrons. The van der Waals surface area contributed by atoms with Gasteiger partial charge in [-0.25, -0.2) is 0 Å². The van der Waals surface area contributed by atoms with Crippen LogP contribution in [-0.4, -0.2) is 20.5 Å². The SMILES string of the molecule is Cc1ccc(-n2c(SCC=Cc3ccccc3)nnc2-c2cccs2)cc1. The molecule has 0 saturated carbocycles. The Hall–Kier alpha value is -2.63. The van der Waals surface area contributed by atoms with Crippen molar-refractivity contribution in [2.45, 2.75) is 12.1 Å². The van der Waals surface area contributed by atoms with E-state index in [0.29, 0.717) is 0 Å². The Balaban J connectivity index is 1.60. The van der Waals surface area contributed by atoms with E-state index in [1.165, 1.54) is 11.1 Å². The lowest BCUT2D eigenvalue weighted by Crippen LogP contribution is -1.99. The van der Waals surface area contributed by atoms with Gasteiger partial charge in [-0.2, -0.15) is 0 Å². The number of benzene rings is 2. The molecule has 0 aliphatic heterocycles. The third-order valence-electron chi connectivity index (χ3n) is 4.09. The summed E-state index contributed by atoms with van der Waals surface area (Å²) in [4.78, 5) is 1.12. The summed E-state index contributed by atoms with van der Waals surface area (Å²) in [5.74, 6) is 1.73. The first-order valence-electron chi connectivity index (χ1n) is 8.72. The van der Waals surface area contributed by atoms with Gasteiger partial charge in [-0.3, -0.25) is 4.57 Å². The van der Waals surface area contributed by atoms with E-state index in [-0.39, 0.29) is 0 Å². The molecule has 0 bridgehead atoms. The molecule has 2 heterocycles. The number of rotatable bonds is 6. The van der Waals surface area contributed by atoms with Gasteiger partial charge >= 0.3 is 0 Å². The van der Waals surface area contributed by atoms with E-state index in [9.17, 15) is 0 Å². The van der Waals surface area contributed by atoms with E-state index in [1.54, 1.807) is 23.1 Å². The van der Waals surface area contributed by atoms with E-state index in [2.05, 4.69) is 81.7 Å². The van der Waals surface area contributed by atoms with Crippen molar-refractivity contribution in [1.29, 1.82) is 0 Å². The molecule has 27 heavy (non-hydrogen) atoms. The highest BCUT2D eigenvalue weighted by molar-refractivity contribution is 7.99. The van der Waals surface area contributed by atoms with Crippen LogP contribution in [0.4, 0.5) is 0 Å². The molecule has 2 aromatic carbocycles. The van der Waals surface area contributed by atoms with Crippen LogP contribution >= 0.6 is 23.1 Å². The molecule has 0 saturated heterocycles. The fourth-order valence-electron chi connectivity index (χ4n) is 2.73. The van der Waals surface area contributed by atoms with Crippen LogP contribution in [0.3, 0.4) is 0 Å². The smallest absolute Gasteiger partial charge is 0.196 e. The number of aryl methyl sites for hydroxylation is 1. The van der Waals surface area contributed by atoms with Crippen LogP contribution in [0.5, 0.6) is 0 Å². The van der Waals surface area contributed by atoms with Crippen LogP contribution < -0.4 is 0 Å². The second kappa shape index (κ2) is 8.37. The molecule has 0 aliphatic rings. The minimum atomic E-state index is 0.837. The third kappa shape index (κ3) is 4.21. The Kier molecular flexibility index (Phi) is 5.51. The quantitative estimate of drug-likeness (QED) is 0.373. The van der Waals surface area contributed by atoms with Crippen molar-refractivity contribution in [2.75, 3.05) is 5.75 Å². The van der Waals surface area contributed by atoms with Gasteiger partial charge in [0.25, 0.3) is 0 Å². The van der Waals surface area contributed by atoms with Gasteiger partial charge in [0.2, 0.25) is 0 Å². The zero-order valence-electron chi connectivity index (χ0n) is 14.9. The number of hydrogen-bond acceptors (Lipinski definition) is 4. The molecule has 0 atom stereocenters. The molecule has 4 rings (SSSR count). The normalized spacial score (nSPS) is 11.3. The second-order valence-electron chi connectivity index (χ2n) is 6.08. The molecular formula is C22H19N3S2. The van der Waals surface area contributed by atoms with Crippen molar-refractivity contribution in [2.24, 2.45) is 0 Å². The summed E-state index contributed by atoms with van der Waals surface area (Å²) in [5.41, 5.74) is 3.53. The average Bonchev–Trinajstić information content (AvgIpc) is 3.36. The third-order valence-corrected chi connectivity index (χ3v) is 5.83. The van der Waals surface area contributed by atoms with Crippen LogP contribution in [0.25, 0.3) is 22.5 Å². The highest BCUT2D eigenvalue weighted by atomic mass is 32.2. The molecule has 134 valence electrons. The summed E-state index contributed by atoms with van der Waals surface area (Å²) in [7, 11) is 0. The van der Waals surface area contributed by atoms with E-state index in [0.717, 1.165) is 27.3 Å². The predicted molar refractivity (Wildman–Crippen MR) is 116 cm³/mol. The topological polar surface area (TPSA) is 30.7 Å². The molecule has 5 heteroatoms. The fraction of sp³-hybridized carbons (Fsp3) is 0.0909. The minimum absolute atomic E-state index is 0.837. The molecule has 0 aliphatic carbocycles. The van der Waals surface area contributed by atoms with Crippen molar-refractivity contribution in [3.05, 3.63) is 89.3 Å². The van der Waals surface area contributed by atoms with Crippen molar-refractivity contribution < 1.29 is 0 Å². The van der Waals surface area contributed by atoms with Crippen LogP contribution in [0.2, 0.25) is 0 Å². The van der Waals surface area contributed by atoms with Gasteiger partial charge in [0.05, 0.1) is 4.88 Å². The summed E-state index contributed by atoms with van der Waals surface area (Å²) in [5, 5.41) is 11.9. The van der Waals surface area contributed by atoms with E-state index in [4.69, 9.17) is 0 Å².